The molecule has 0 spiro atoms. The summed E-state index contributed by atoms with van der Waals surface area (Å²) in [5.41, 5.74) is 5.62. The van der Waals surface area contributed by atoms with E-state index in [4.69, 9.17) is 5.73 Å². The number of rotatable bonds is 5. The molecule has 1 aromatic heterocycles. The van der Waals surface area contributed by atoms with E-state index in [9.17, 15) is 8.42 Å². The fourth-order valence-corrected chi connectivity index (χ4v) is 5.57. The van der Waals surface area contributed by atoms with E-state index in [1.807, 2.05) is 6.92 Å². The molecule has 1 atom stereocenters. The number of sulfonamides is 1. The lowest BCUT2D eigenvalue weighted by Gasteiger charge is -2.37. The highest BCUT2D eigenvalue weighted by Crippen LogP contribution is 2.28. The standard InChI is InChI=1S/C14H25N3O2S2/c1-4-11(2)16-5-7-17(8-6-16)21(18,19)14-9-13(10-15)20-12(14)3/h9,11H,4-8,10,15H2,1-3H3. The molecule has 0 amide bonds. The van der Waals surface area contributed by atoms with Gasteiger partial charge >= 0.3 is 0 Å². The van der Waals surface area contributed by atoms with Crippen LogP contribution in [-0.4, -0.2) is 49.8 Å². The van der Waals surface area contributed by atoms with Crippen LogP contribution in [0, 0.1) is 6.92 Å². The van der Waals surface area contributed by atoms with Crippen molar-refractivity contribution in [2.75, 3.05) is 26.2 Å². The molecule has 120 valence electrons. The Morgan fingerprint density at radius 3 is 2.43 bits per heavy atom. The van der Waals surface area contributed by atoms with Gasteiger partial charge in [0.05, 0.1) is 4.90 Å². The second-order valence-corrected chi connectivity index (χ2v) is 8.78. The molecule has 2 N–H and O–H groups in total. The molecule has 1 unspecified atom stereocenters. The maximum absolute atomic E-state index is 12.8. The Morgan fingerprint density at radius 1 is 1.33 bits per heavy atom. The fourth-order valence-electron chi connectivity index (χ4n) is 2.66. The number of piperazine rings is 1. The van der Waals surface area contributed by atoms with Gasteiger partial charge in [0.15, 0.2) is 0 Å². The van der Waals surface area contributed by atoms with E-state index >= 15 is 0 Å². The van der Waals surface area contributed by atoms with Crippen molar-refractivity contribution in [1.29, 1.82) is 0 Å². The molecule has 0 aromatic carbocycles. The van der Waals surface area contributed by atoms with Crippen LogP contribution in [0.3, 0.4) is 0 Å². The van der Waals surface area contributed by atoms with E-state index in [2.05, 4.69) is 18.7 Å². The number of hydrogen-bond donors (Lipinski definition) is 1. The van der Waals surface area contributed by atoms with E-state index in [0.29, 0.717) is 30.6 Å². The molecule has 7 heteroatoms. The van der Waals surface area contributed by atoms with Gasteiger partial charge in [-0.1, -0.05) is 6.92 Å². The Morgan fingerprint density at radius 2 is 1.95 bits per heavy atom. The zero-order valence-electron chi connectivity index (χ0n) is 13.0. The Kier molecular flexibility index (Phi) is 5.43. The normalized spacial score (nSPS) is 19.8. The Labute approximate surface area is 131 Å². The summed E-state index contributed by atoms with van der Waals surface area (Å²) in [5.74, 6) is 0. The largest absolute Gasteiger partial charge is 0.326 e. The Balaban J connectivity index is 2.13. The monoisotopic (exact) mass is 331 g/mol. The highest BCUT2D eigenvalue weighted by atomic mass is 32.2. The second-order valence-electron chi connectivity index (χ2n) is 5.53. The van der Waals surface area contributed by atoms with Gasteiger partial charge in [0, 0.05) is 48.5 Å². The third-order valence-electron chi connectivity index (χ3n) is 4.23. The van der Waals surface area contributed by atoms with Gasteiger partial charge in [-0.3, -0.25) is 4.90 Å². The number of thiophene rings is 1. The predicted molar refractivity (Wildman–Crippen MR) is 87.0 cm³/mol. The van der Waals surface area contributed by atoms with E-state index in [1.54, 1.807) is 10.4 Å². The highest BCUT2D eigenvalue weighted by Gasteiger charge is 2.31. The number of aryl methyl sites for hydroxylation is 1. The first-order valence-electron chi connectivity index (χ1n) is 7.43. The second kappa shape index (κ2) is 6.75. The van der Waals surface area contributed by atoms with Crippen LogP contribution in [0.5, 0.6) is 0 Å². The van der Waals surface area contributed by atoms with Crippen molar-refractivity contribution in [3.63, 3.8) is 0 Å². The zero-order chi connectivity index (χ0) is 15.6. The third-order valence-corrected chi connectivity index (χ3v) is 7.46. The maximum Gasteiger partial charge on any atom is 0.244 e. The van der Waals surface area contributed by atoms with Crippen molar-refractivity contribution in [2.24, 2.45) is 5.73 Å². The molecule has 2 rings (SSSR count). The van der Waals surface area contributed by atoms with Crippen molar-refractivity contribution in [3.05, 3.63) is 15.8 Å². The van der Waals surface area contributed by atoms with Crippen LogP contribution in [0.15, 0.2) is 11.0 Å². The molecule has 1 saturated heterocycles. The minimum absolute atomic E-state index is 0.392. The van der Waals surface area contributed by atoms with Crippen molar-refractivity contribution in [2.45, 2.75) is 44.7 Å². The number of hydrogen-bond acceptors (Lipinski definition) is 5. The van der Waals surface area contributed by atoms with E-state index in [-0.39, 0.29) is 0 Å². The summed E-state index contributed by atoms with van der Waals surface area (Å²) in [6, 6.07) is 2.25. The van der Waals surface area contributed by atoms with E-state index < -0.39 is 10.0 Å². The van der Waals surface area contributed by atoms with Crippen molar-refractivity contribution in [3.8, 4) is 0 Å². The maximum atomic E-state index is 12.8. The van der Waals surface area contributed by atoms with Crippen LogP contribution in [0.1, 0.15) is 30.0 Å². The van der Waals surface area contributed by atoms with Gasteiger partial charge in [-0.15, -0.1) is 11.3 Å². The molecule has 5 nitrogen and oxygen atoms in total. The summed E-state index contributed by atoms with van der Waals surface area (Å²) in [6.07, 6.45) is 1.09. The molecular formula is C14H25N3O2S2. The third kappa shape index (κ3) is 3.48. The van der Waals surface area contributed by atoms with Gasteiger partial charge < -0.3 is 5.73 Å². The van der Waals surface area contributed by atoms with E-state index in [1.165, 1.54) is 11.3 Å². The molecule has 0 radical (unpaired) electrons. The average molecular weight is 332 g/mol. The SMILES string of the molecule is CCC(C)N1CCN(S(=O)(=O)c2cc(CN)sc2C)CC1. The highest BCUT2D eigenvalue weighted by molar-refractivity contribution is 7.89. The minimum Gasteiger partial charge on any atom is -0.326 e. The molecule has 1 aromatic rings. The zero-order valence-corrected chi connectivity index (χ0v) is 14.6. The quantitative estimate of drug-likeness (QED) is 0.890. The summed E-state index contributed by atoms with van der Waals surface area (Å²) in [7, 11) is -3.38. The molecular weight excluding hydrogens is 306 g/mol. The van der Waals surface area contributed by atoms with Gasteiger partial charge in [-0.05, 0) is 26.3 Å². The summed E-state index contributed by atoms with van der Waals surface area (Å²) in [4.78, 5) is 4.55. The smallest absolute Gasteiger partial charge is 0.244 e. The summed E-state index contributed by atoms with van der Waals surface area (Å²) in [6.45, 7) is 9.36. The van der Waals surface area contributed by atoms with Crippen LogP contribution < -0.4 is 5.73 Å². The number of nitrogens with zero attached hydrogens (tertiary/aromatic N) is 2. The molecule has 1 aliphatic rings. The Bertz CT molecular complexity index is 575. The fraction of sp³-hybridized carbons (Fsp3) is 0.714. The lowest BCUT2D eigenvalue weighted by Crippen LogP contribution is -2.51. The van der Waals surface area contributed by atoms with Crippen LogP contribution in [0.2, 0.25) is 0 Å². The molecule has 1 fully saturated rings. The van der Waals surface area contributed by atoms with Gasteiger partial charge in [0.2, 0.25) is 10.0 Å². The van der Waals surface area contributed by atoms with Gasteiger partial charge in [-0.25, -0.2) is 8.42 Å². The van der Waals surface area contributed by atoms with Crippen LogP contribution >= 0.6 is 11.3 Å². The molecule has 1 aliphatic heterocycles. The predicted octanol–water partition coefficient (Wildman–Crippen LogP) is 1.62. The molecule has 21 heavy (non-hydrogen) atoms. The molecule has 2 heterocycles. The number of nitrogens with two attached hydrogens (primary N) is 1. The van der Waals surface area contributed by atoms with Gasteiger partial charge in [-0.2, -0.15) is 4.31 Å². The van der Waals surface area contributed by atoms with Gasteiger partial charge in [0.25, 0.3) is 0 Å². The van der Waals surface area contributed by atoms with Crippen LogP contribution in [0.4, 0.5) is 0 Å². The molecule has 0 aliphatic carbocycles. The summed E-state index contributed by atoms with van der Waals surface area (Å²) >= 11 is 1.47. The lowest BCUT2D eigenvalue weighted by atomic mass is 10.2. The Hall–Kier alpha value is -0.470. The van der Waals surface area contributed by atoms with Crippen molar-refractivity contribution in [1.82, 2.24) is 9.21 Å². The molecule has 0 saturated carbocycles. The molecule has 0 bridgehead atoms. The van der Waals surface area contributed by atoms with Crippen LogP contribution in [-0.2, 0) is 16.6 Å². The summed E-state index contributed by atoms with van der Waals surface area (Å²) in [5, 5.41) is 0. The van der Waals surface area contributed by atoms with E-state index in [0.717, 1.165) is 29.3 Å². The van der Waals surface area contributed by atoms with Gasteiger partial charge in [0.1, 0.15) is 0 Å². The van der Waals surface area contributed by atoms with Crippen molar-refractivity contribution >= 4 is 21.4 Å². The average Bonchev–Trinajstić information content (AvgIpc) is 2.88. The van der Waals surface area contributed by atoms with Crippen LogP contribution in [0.25, 0.3) is 0 Å². The first kappa shape index (κ1) is 16.9. The summed E-state index contributed by atoms with van der Waals surface area (Å²) < 4.78 is 27.1. The lowest BCUT2D eigenvalue weighted by molar-refractivity contribution is 0.142. The topological polar surface area (TPSA) is 66.6 Å². The first-order valence-corrected chi connectivity index (χ1v) is 9.69. The van der Waals surface area contributed by atoms with Crippen molar-refractivity contribution < 1.29 is 8.42 Å². The minimum atomic E-state index is -3.38. The first-order chi connectivity index (χ1) is 9.90.